The van der Waals surface area contributed by atoms with Crippen LogP contribution in [0.1, 0.15) is 38.2 Å². The molecule has 0 radical (unpaired) electrons. The third kappa shape index (κ3) is 5.86. The van der Waals surface area contributed by atoms with E-state index in [1.807, 2.05) is 24.3 Å². The van der Waals surface area contributed by atoms with Crippen molar-refractivity contribution >= 4 is 0 Å². The summed E-state index contributed by atoms with van der Waals surface area (Å²) < 4.78 is 43.0. The van der Waals surface area contributed by atoms with Gasteiger partial charge in [-0.1, -0.05) is 74.7 Å². The van der Waals surface area contributed by atoms with E-state index in [4.69, 9.17) is 0 Å². The fourth-order valence-electron chi connectivity index (χ4n) is 3.37. The lowest BCUT2D eigenvalue weighted by molar-refractivity contribution is -0.0499. The second kappa shape index (κ2) is 10.1. The van der Waals surface area contributed by atoms with Crippen LogP contribution >= 0.6 is 0 Å². The molecule has 3 aromatic carbocycles. The van der Waals surface area contributed by atoms with Gasteiger partial charge in [0.15, 0.2) is 0 Å². The summed E-state index contributed by atoms with van der Waals surface area (Å²) in [6.07, 6.45) is 6.11. The van der Waals surface area contributed by atoms with E-state index in [0.29, 0.717) is 11.1 Å². The van der Waals surface area contributed by atoms with Crippen molar-refractivity contribution in [3.05, 3.63) is 78.1 Å². The summed E-state index contributed by atoms with van der Waals surface area (Å²) >= 11 is 0. The highest BCUT2D eigenvalue weighted by molar-refractivity contribution is 5.71. The van der Waals surface area contributed by atoms with Gasteiger partial charge in [-0.2, -0.15) is 8.78 Å². The highest BCUT2D eigenvalue weighted by atomic mass is 19.3. The predicted octanol–water partition coefficient (Wildman–Crippen LogP) is 7.88. The van der Waals surface area contributed by atoms with E-state index in [1.54, 1.807) is 0 Å². The minimum absolute atomic E-state index is 0.187. The quantitative estimate of drug-likeness (QED) is 0.333. The molecule has 0 amide bonds. The Kier molecular flexibility index (Phi) is 7.34. The van der Waals surface area contributed by atoms with Gasteiger partial charge < -0.3 is 4.74 Å². The van der Waals surface area contributed by atoms with Crippen LogP contribution in [-0.2, 0) is 6.42 Å². The lowest BCUT2D eigenvalue weighted by Gasteiger charge is -2.09. The van der Waals surface area contributed by atoms with Gasteiger partial charge in [-0.25, -0.2) is 4.39 Å². The van der Waals surface area contributed by atoms with Crippen molar-refractivity contribution in [2.45, 2.75) is 45.6 Å². The van der Waals surface area contributed by atoms with Crippen LogP contribution in [0.2, 0.25) is 0 Å². The molecule has 0 aliphatic heterocycles. The van der Waals surface area contributed by atoms with Gasteiger partial charge in [0.25, 0.3) is 0 Å². The van der Waals surface area contributed by atoms with Crippen LogP contribution in [0, 0.1) is 5.82 Å². The first-order valence-electron chi connectivity index (χ1n) is 10.0. The average molecular weight is 398 g/mol. The topological polar surface area (TPSA) is 9.23 Å². The van der Waals surface area contributed by atoms with Gasteiger partial charge in [0.2, 0.25) is 0 Å². The number of benzene rings is 3. The Morgan fingerprint density at radius 3 is 1.97 bits per heavy atom. The molecule has 152 valence electrons. The molecular weight excluding hydrogens is 373 g/mol. The second-order valence-electron chi connectivity index (χ2n) is 7.11. The second-order valence-corrected chi connectivity index (χ2v) is 7.11. The van der Waals surface area contributed by atoms with Crippen molar-refractivity contribution in [3.8, 4) is 28.0 Å². The summed E-state index contributed by atoms with van der Waals surface area (Å²) in [4.78, 5) is 0. The van der Waals surface area contributed by atoms with E-state index >= 15 is 0 Å². The van der Waals surface area contributed by atoms with Crippen LogP contribution in [0.5, 0.6) is 5.75 Å². The van der Waals surface area contributed by atoms with Gasteiger partial charge in [-0.15, -0.1) is 0 Å². The predicted molar refractivity (Wildman–Crippen MR) is 112 cm³/mol. The van der Waals surface area contributed by atoms with Crippen molar-refractivity contribution in [1.82, 2.24) is 0 Å². The van der Waals surface area contributed by atoms with E-state index in [0.717, 1.165) is 23.6 Å². The first-order valence-corrected chi connectivity index (χ1v) is 10.0. The molecule has 0 bridgehead atoms. The minimum atomic E-state index is -2.97. The van der Waals surface area contributed by atoms with Crippen molar-refractivity contribution in [2.75, 3.05) is 0 Å². The minimum Gasteiger partial charge on any atom is -0.435 e. The van der Waals surface area contributed by atoms with Crippen molar-refractivity contribution < 1.29 is 17.9 Å². The number of hydrogen-bond donors (Lipinski definition) is 0. The average Bonchev–Trinajstić information content (AvgIpc) is 2.72. The Hall–Kier alpha value is -2.75. The molecule has 0 saturated heterocycles. The van der Waals surface area contributed by atoms with Crippen molar-refractivity contribution in [2.24, 2.45) is 0 Å². The number of halogens is 3. The monoisotopic (exact) mass is 398 g/mol. The third-order valence-corrected chi connectivity index (χ3v) is 4.97. The smallest absolute Gasteiger partial charge is 0.387 e. The van der Waals surface area contributed by atoms with E-state index in [2.05, 4.69) is 35.9 Å². The Morgan fingerprint density at radius 2 is 1.38 bits per heavy atom. The van der Waals surface area contributed by atoms with Gasteiger partial charge in [0.1, 0.15) is 11.6 Å². The largest absolute Gasteiger partial charge is 0.435 e. The number of hydrogen-bond acceptors (Lipinski definition) is 1. The van der Waals surface area contributed by atoms with Crippen LogP contribution in [0.3, 0.4) is 0 Å². The molecule has 0 spiro atoms. The first-order chi connectivity index (χ1) is 14.1. The molecule has 0 N–H and O–H groups in total. The first kappa shape index (κ1) is 21.0. The number of unbranched alkanes of at least 4 members (excludes halogenated alkanes) is 3. The number of rotatable bonds is 9. The molecule has 3 rings (SSSR count). The van der Waals surface area contributed by atoms with Crippen molar-refractivity contribution in [1.29, 1.82) is 0 Å². The molecule has 4 heteroatoms. The van der Waals surface area contributed by atoms with Crippen LogP contribution < -0.4 is 4.74 Å². The molecule has 0 fully saturated rings. The van der Waals surface area contributed by atoms with Gasteiger partial charge >= 0.3 is 6.61 Å². The zero-order chi connectivity index (χ0) is 20.6. The van der Waals surface area contributed by atoms with E-state index in [-0.39, 0.29) is 5.75 Å². The van der Waals surface area contributed by atoms with Gasteiger partial charge in [-0.3, -0.25) is 0 Å². The zero-order valence-electron chi connectivity index (χ0n) is 16.5. The standard InChI is InChI=1S/C25H25F3O/c1-2-3-4-5-6-18-7-9-19(10-8-18)20-11-13-21(14-12-20)23-16-15-22(17-24(23)26)29-25(27)28/h7-17,25H,2-6H2,1H3. The summed E-state index contributed by atoms with van der Waals surface area (Å²) in [5, 5.41) is 0. The normalized spacial score (nSPS) is 11.1. The Labute approximate surface area is 170 Å². The van der Waals surface area contributed by atoms with E-state index in [1.165, 1.54) is 43.4 Å². The fourth-order valence-corrected chi connectivity index (χ4v) is 3.37. The van der Waals surface area contributed by atoms with E-state index in [9.17, 15) is 13.2 Å². The zero-order valence-corrected chi connectivity index (χ0v) is 16.5. The number of ether oxygens (including phenoxy) is 1. The number of alkyl halides is 2. The van der Waals surface area contributed by atoms with Crippen LogP contribution in [0.15, 0.2) is 66.7 Å². The lowest BCUT2D eigenvalue weighted by atomic mass is 9.98. The lowest BCUT2D eigenvalue weighted by Crippen LogP contribution is -2.02. The molecular formula is C25H25F3O. The summed E-state index contributed by atoms with van der Waals surface area (Å²) in [7, 11) is 0. The fraction of sp³-hybridized carbons (Fsp3) is 0.280. The maximum absolute atomic E-state index is 14.3. The molecule has 0 unspecified atom stereocenters. The number of aryl methyl sites for hydroxylation is 1. The summed E-state index contributed by atoms with van der Waals surface area (Å²) in [6, 6.07) is 19.9. The summed E-state index contributed by atoms with van der Waals surface area (Å²) in [5.74, 6) is -0.782. The SMILES string of the molecule is CCCCCCc1ccc(-c2ccc(-c3ccc(OC(F)F)cc3F)cc2)cc1. The molecule has 0 aliphatic carbocycles. The molecule has 0 aromatic heterocycles. The van der Waals surface area contributed by atoms with Crippen LogP contribution in [0.25, 0.3) is 22.3 Å². The molecule has 29 heavy (non-hydrogen) atoms. The van der Waals surface area contributed by atoms with Gasteiger partial charge in [0, 0.05) is 11.6 Å². The van der Waals surface area contributed by atoms with E-state index < -0.39 is 12.4 Å². The molecule has 0 atom stereocenters. The Balaban J connectivity index is 1.68. The molecule has 3 aromatic rings. The molecule has 0 saturated carbocycles. The third-order valence-electron chi connectivity index (χ3n) is 4.97. The van der Waals surface area contributed by atoms with Crippen LogP contribution in [0.4, 0.5) is 13.2 Å². The highest BCUT2D eigenvalue weighted by Gasteiger charge is 2.10. The summed E-state index contributed by atoms with van der Waals surface area (Å²) in [6.45, 7) is -0.756. The van der Waals surface area contributed by atoms with Gasteiger partial charge in [0.05, 0.1) is 0 Å². The summed E-state index contributed by atoms with van der Waals surface area (Å²) in [5.41, 5.74) is 4.52. The maximum Gasteiger partial charge on any atom is 0.387 e. The Morgan fingerprint density at radius 1 is 0.759 bits per heavy atom. The van der Waals surface area contributed by atoms with Crippen LogP contribution in [-0.4, -0.2) is 6.61 Å². The van der Waals surface area contributed by atoms with Gasteiger partial charge in [-0.05, 0) is 47.2 Å². The maximum atomic E-state index is 14.3. The highest BCUT2D eigenvalue weighted by Crippen LogP contribution is 2.29. The molecule has 0 aliphatic rings. The molecule has 1 nitrogen and oxygen atoms in total. The van der Waals surface area contributed by atoms with Crippen molar-refractivity contribution in [3.63, 3.8) is 0 Å². The molecule has 0 heterocycles. The Bertz CT molecular complexity index is 902.